The minimum Gasteiger partial charge on any atom is -0.480 e. The highest BCUT2D eigenvalue weighted by Gasteiger charge is 2.20. The van der Waals surface area contributed by atoms with Gasteiger partial charge in [0, 0.05) is 11.3 Å². The van der Waals surface area contributed by atoms with E-state index in [1.54, 1.807) is 6.92 Å². The maximum Gasteiger partial charge on any atom is 0.326 e. The summed E-state index contributed by atoms with van der Waals surface area (Å²) in [5.41, 5.74) is 0.661. The monoisotopic (exact) mass is 394 g/mol. The van der Waals surface area contributed by atoms with E-state index >= 15 is 0 Å². The van der Waals surface area contributed by atoms with Crippen molar-refractivity contribution in [3.05, 3.63) is 59.4 Å². The molecule has 2 aromatic rings. The summed E-state index contributed by atoms with van der Waals surface area (Å²) in [5, 5.41) is 11.3. The molecule has 0 unspecified atom stereocenters. The van der Waals surface area contributed by atoms with E-state index in [1.165, 1.54) is 37.3 Å². The third kappa shape index (κ3) is 5.04. The lowest BCUT2D eigenvalue weighted by Gasteiger charge is -2.13. The van der Waals surface area contributed by atoms with Crippen molar-refractivity contribution < 1.29 is 27.5 Å². The molecule has 0 heterocycles. The van der Waals surface area contributed by atoms with Crippen LogP contribution in [-0.2, 0) is 14.8 Å². The Labute approximate surface area is 156 Å². The first-order chi connectivity index (χ1) is 12.6. The Morgan fingerprint density at radius 3 is 2.30 bits per heavy atom. The average Bonchev–Trinajstić information content (AvgIpc) is 2.59. The molecular formula is C18H19FN2O5S. The molecule has 0 fully saturated rings. The predicted molar refractivity (Wildman–Crippen MR) is 97.6 cm³/mol. The summed E-state index contributed by atoms with van der Waals surface area (Å²) in [7, 11) is -3.92. The van der Waals surface area contributed by atoms with Gasteiger partial charge in [0.2, 0.25) is 0 Å². The van der Waals surface area contributed by atoms with Gasteiger partial charge in [0.25, 0.3) is 15.9 Å². The van der Waals surface area contributed by atoms with Crippen molar-refractivity contribution in [2.45, 2.75) is 31.2 Å². The zero-order valence-corrected chi connectivity index (χ0v) is 15.5. The summed E-state index contributed by atoms with van der Waals surface area (Å²) in [6.07, 6.45) is 0.232. The van der Waals surface area contributed by atoms with Crippen LogP contribution in [0.25, 0.3) is 0 Å². The lowest BCUT2D eigenvalue weighted by molar-refractivity contribution is -0.139. The maximum absolute atomic E-state index is 13.2. The molecule has 1 amide bonds. The van der Waals surface area contributed by atoms with Crippen LogP contribution in [0.4, 0.5) is 10.1 Å². The summed E-state index contributed by atoms with van der Waals surface area (Å²) < 4.78 is 40.4. The number of carboxylic acid groups (broad SMARTS) is 1. The van der Waals surface area contributed by atoms with Gasteiger partial charge in [-0.25, -0.2) is 17.6 Å². The number of halogens is 1. The molecule has 0 saturated carbocycles. The van der Waals surface area contributed by atoms with E-state index in [0.717, 1.165) is 12.1 Å². The van der Waals surface area contributed by atoms with Crippen molar-refractivity contribution in [1.29, 1.82) is 0 Å². The quantitative estimate of drug-likeness (QED) is 0.668. The molecule has 27 heavy (non-hydrogen) atoms. The predicted octanol–water partition coefficient (Wildman–Crippen LogP) is 2.53. The van der Waals surface area contributed by atoms with E-state index in [9.17, 15) is 22.4 Å². The number of carboxylic acids is 1. The Morgan fingerprint density at radius 2 is 1.78 bits per heavy atom. The third-order valence-electron chi connectivity index (χ3n) is 3.84. The number of hydrogen-bond acceptors (Lipinski definition) is 4. The summed E-state index contributed by atoms with van der Waals surface area (Å²) in [5.74, 6) is -2.24. The Bertz CT molecular complexity index is 958. The van der Waals surface area contributed by atoms with Crippen LogP contribution in [-0.4, -0.2) is 31.4 Å². The molecule has 0 aromatic heterocycles. The zero-order valence-electron chi connectivity index (χ0n) is 14.7. The minimum atomic E-state index is -3.92. The number of aryl methyl sites for hydroxylation is 1. The fourth-order valence-electron chi connectivity index (χ4n) is 2.39. The van der Waals surface area contributed by atoms with Crippen LogP contribution in [0.15, 0.2) is 47.4 Å². The number of rotatable bonds is 7. The molecule has 7 nitrogen and oxygen atoms in total. The van der Waals surface area contributed by atoms with Crippen molar-refractivity contribution >= 4 is 27.6 Å². The zero-order chi connectivity index (χ0) is 20.2. The lowest BCUT2D eigenvalue weighted by Crippen LogP contribution is -2.40. The molecule has 0 bridgehead atoms. The summed E-state index contributed by atoms with van der Waals surface area (Å²) in [6.45, 7) is 3.12. The average molecular weight is 394 g/mol. The number of amides is 1. The van der Waals surface area contributed by atoms with E-state index in [4.69, 9.17) is 5.11 Å². The summed E-state index contributed by atoms with van der Waals surface area (Å²) >= 11 is 0. The second-order valence-electron chi connectivity index (χ2n) is 5.87. The minimum absolute atomic E-state index is 0.0574. The number of nitrogens with one attached hydrogen (secondary N) is 2. The fraction of sp³-hybridized carbons (Fsp3) is 0.222. The molecule has 0 aliphatic heterocycles. The number of aliphatic carboxylic acids is 1. The van der Waals surface area contributed by atoms with E-state index in [0.29, 0.717) is 0 Å². The highest BCUT2D eigenvalue weighted by Crippen LogP contribution is 2.20. The van der Waals surface area contributed by atoms with Crippen LogP contribution in [0.2, 0.25) is 0 Å². The van der Waals surface area contributed by atoms with Gasteiger partial charge in [0.05, 0.1) is 4.90 Å². The van der Waals surface area contributed by atoms with E-state index in [1.807, 2.05) is 0 Å². The molecule has 144 valence electrons. The van der Waals surface area contributed by atoms with E-state index < -0.39 is 33.8 Å². The van der Waals surface area contributed by atoms with Crippen molar-refractivity contribution in [2.24, 2.45) is 0 Å². The number of carbonyl (C=O) groups is 2. The number of hydrogen-bond donors (Lipinski definition) is 3. The van der Waals surface area contributed by atoms with Gasteiger partial charge in [-0.1, -0.05) is 6.92 Å². The molecular weight excluding hydrogens is 375 g/mol. The van der Waals surface area contributed by atoms with Gasteiger partial charge >= 0.3 is 5.97 Å². The molecule has 0 aliphatic carbocycles. The van der Waals surface area contributed by atoms with Crippen LogP contribution in [0.1, 0.15) is 29.3 Å². The fourth-order valence-corrected chi connectivity index (χ4v) is 3.68. The van der Waals surface area contributed by atoms with Crippen molar-refractivity contribution in [1.82, 2.24) is 5.32 Å². The van der Waals surface area contributed by atoms with Gasteiger partial charge in [-0.2, -0.15) is 0 Å². The Balaban J connectivity index is 2.15. The molecule has 3 N–H and O–H groups in total. The Hall–Kier alpha value is -2.94. The van der Waals surface area contributed by atoms with Gasteiger partial charge in [0.1, 0.15) is 11.9 Å². The van der Waals surface area contributed by atoms with E-state index in [-0.39, 0.29) is 28.1 Å². The van der Waals surface area contributed by atoms with E-state index in [2.05, 4.69) is 10.0 Å². The van der Waals surface area contributed by atoms with Crippen LogP contribution in [0.3, 0.4) is 0 Å². The number of benzene rings is 2. The van der Waals surface area contributed by atoms with Crippen molar-refractivity contribution in [3.8, 4) is 0 Å². The molecule has 0 spiro atoms. The molecule has 0 saturated heterocycles. The van der Waals surface area contributed by atoms with Gasteiger partial charge in [0.15, 0.2) is 0 Å². The van der Waals surface area contributed by atoms with Crippen molar-refractivity contribution in [2.75, 3.05) is 4.72 Å². The molecule has 0 radical (unpaired) electrons. The second-order valence-corrected chi connectivity index (χ2v) is 7.52. The van der Waals surface area contributed by atoms with Crippen LogP contribution >= 0.6 is 0 Å². The summed E-state index contributed by atoms with van der Waals surface area (Å²) in [6, 6.07) is 7.86. The van der Waals surface area contributed by atoms with Crippen LogP contribution in [0, 0.1) is 12.7 Å². The normalized spacial score (nSPS) is 12.3. The standard InChI is InChI=1S/C18H19FN2O5S/c1-3-15(18(23)24)20-17(22)12-4-7-14(8-5-12)21-27(25,26)16-9-6-13(19)10-11(16)2/h4-10,15,21H,3H2,1-2H3,(H,20,22)(H,23,24)/t15-/m1/s1. The maximum atomic E-state index is 13.2. The third-order valence-corrected chi connectivity index (χ3v) is 5.38. The molecule has 9 heteroatoms. The van der Waals surface area contributed by atoms with Crippen molar-refractivity contribution in [3.63, 3.8) is 0 Å². The molecule has 2 rings (SSSR count). The van der Waals surface area contributed by atoms with Gasteiger partial charge in [-0.3, -0.25) is 9.52 Å². The first kappa shape index (κ1) is 20.4. The number of anilines is 1. The first-order valence-corrected chi connectivity index (χ1v) is 9.55. The SMILES string of the molecule is CC[C@@H](NC(=O)c1ccc(NS(=O)(=O)c2ccc(F)cc2C)cc1)C(=O)O. The van der Waals surface area contributed by atoms with Gasteiger partial charge in [-0.15, -0.1) is 0 Å². The van der Waals surface area contributed by atoms with Gasteiger partial charge in [-0.05, 0) is 61.4 Å². The topological polar surface area (TPSA) is 113 Å². The summed E-state index contributed by atoms with van der Waals surface area (Å²) in [4.78, 5) is 23.0. The lowest BCUT2D eigenvalue weighted by atomic mass is 10.1. The molecule has 2 aromatic carbocycles. The largest absolute Gasteiger partial charge is 0.480 e. The van der Waals surface area contributed by atoms with Crippen LogP contribution < -0.4 is 10.0 Å². The second kappa shape index (κ2) is 8.17. The Morgan fingerprint density at radius 1 is 1.15 bits per heavy atom. The molecule has 0 aliphatic rings. The number of carbonyl (C=O) groups excluding carboxylic acids is 1. The Kier molecular flexibility index (Phi) is 6.17. The van der Waals surface area contributed by atoms with Gasteiger partial charge < -0.3 is 10.4 Å². The number of sulfonamides is 1. The first-order valence-electron chi connectivity index (χ1n) is 8.06. The highest BCUT2D eigenvalue weighted by atomic mass is 32.2. The highest BCUT2D eigenvalue weighted by molar-refractivity contribution is 7.92. The smallest absolute Gasteiger partial charge is 0.326 e. The molecule has 1 atom stereocenters. The van der Waals surface area contributed by atoms with Crippen LogP contribution in [0.5, 0.6) is 0 Å².